The standard InChI is InChI=1S/C12H15ClN2O3/c1-2-9-6-18-7-12(17)15(9)11-4-8(5-16)3-10(13)14-11/h3-4,9,16H,2,5-7H2,1H3/t9-/m0/s1. The molecule has 1 fully saturated rings. The maximum absolute atomic E-state index is 11.9. The van der Waals surface area contributed by atoms with Crippen LogP contribution in [-0.4, -0.2) is 35.3 Å². The number of halogens is 1. The number of aliphatic hydroxyl groups excluding tert-OH is 1. The molecule has 1 aromatic rings. The second kappa shape index (κ2) is 5.65. The zero-order valence-corrected chi connectivity index (χ0v) is 10.9. The average molecular weight is 271 g/mol. The number of anilines is 1. The minimum Gasteiger partial charge on any atom is -0.392 e. The van der Waals surface area contributed by atoms with Gasteiger partial charge >= 0.3 is 0 Å². The number of nitrogens with zero attached hydrogens (tertiary/aromatic N) is 2. The molecule has 0 aliphatic carbocycles. The third kappa shape index (κ3) is 2.63. The van der Waals surface area contributed by atoms with Crippen molar-refractivity contribution in [2.24, 2.45) is 0 Å². The molecule has 2 rings (SSSR count). The van der Waals surface area contributed by atoms with Gasteiger partial charge in [-0.3, -0.25) is 9.69 Å². The Morgan fingerprint density at radius 3 is 3.06 bits per heavy atom. The summed E-state index contributed by atoms with van der Waals surface area (Å²) >= 11 is 5.90. The van der Waals surface area contributed by atoms with Gasteiger partial charge in [0.25, 0.3) is 5.91 Å². The van der Waals surface area contributed by atoms with E-state index in [4.69, 9.17) is 21.4 Å². The van der Waals surface area contributed by atoms with Gasteiger partial charge in [0.2, 0.25) is 0 Å². The van der Waals surface area contributed by atoms with E-state index in [9.17, 15) is 4.79 Å². The number of carbonyl (C=O) groups is 1. The monoisotopic (exact) mass is 270 g/mol. The molecule has 1 aliphatic heterocycles. The largest absolute Gasteiger partial charge is 0.392 e. The van der Waals surface area contributed by atoms with Gasteiger partial charge in [0.1, 0.15) is 17.6 Å². The van der Waals surface area contributed by atoms with E-state index < -0.39 is 0 Å². The fraction of sp³-hybridized carbons (Fsp3) is 0.500. The summed E-state index contributed by atoms with van der Waals surface area (Å²) in [6.07, 6.45) is 0.772. The van der Waals surface area contributed by atoms with Gasteiger partial charge in [0.15, 0.2) is 0 Å². The number of carbonyl (C=O) groups excluding carboxylic acids is 1. The average Bonchev–Trinajstić information content (AvgIpc) is 2.37. The molecule has 2 heterocycles. The van der Waals surface area contributed by atoms with Gasteiger partial charge in [-0.25, -0.2) is 4.98 Å². The maximum atomic E-state index is 11.9. The van der Waals surface area contributed by atoms with Gasteiger partial charge in [-0.2, -0.15) is 0 Å². The van der Waals surface area contributed by atoms with E-state index in [2.05, 4.69) is 4.98 Å². The zero-order chi connectivity index (χ0) is 13.1. The van der Waals surface area contributed by atoms with E-state index in [-0.39, 0.29) is 30.3 Å². The number of aromatic nitrogens is 1. The summed E-state index contributed by atoms with van der Waals surface area (Å²) in [6, 6.07) is 3.22. The van der Waals surface area contributed by atoms with E-state index in [1.54, 1.807) is 17.0 Å². The first-order chi connectivity index (χ1) is 8.65. The number of hydrogen-bond acceptors (Lipinski definition) is 4. The molecule has 1 N–H and O–H groups in total. The third-order valence-electron chi connectivity index (χ3n) is 2.91. The molecule has 0 unspecified atom stereocenters. The number of pyridine rings is 1. The van der Waals surface area contributed by atoms with Crippen LogP contribution in [0.1, 0.15) is 18.9 Å². The molecular weight excluding hydrogens is 256 g/mol. The molecule has 0 radical (unpaired) electrons. The van der Waals surface area contributed by atoms with E-state index in [1.165, 1.54) is 0 Å². The topological polar surface area (TPSA) is 62.7 Å². The van der Waals surface area contributed by atoms with Crippen LogP contribution in [0.4, 0.5) is 5.82 Å². The lowest BCUT2D eigenvalue weighted by Gasteiger charge is -2.34. The molecule has 0 spiro atoms. The highest BCUT2D eigenvalue weighted by molar-refractivity contribution is 6.29. The van der Waals surface area contributed by atoms with E-state index in [1.807, 2.05) is 6.92 Å². The third-order valence-corrected chi connectivity index (χ3v) is 3.10. The molecule has 1 amide bonds. The minimum absolute atomic E-state index is 0.0382. The summed E-state index contributed by atoms with van der Waals surface area (Å²) in [6.45, 7) is 2.39. The van der Waals surface area contributed by atoms with Crippen LogP contribution < -0.4 is 4.90 Å². The summed E-state index contributed by atoms with van der Waals surface area (Å²) in [5.41, 5.74) is 0.638. The summed E-state index contributed by atoms with van der Waals surface area (Å²) in [4.78, 5) is 17.7. The molecular formula is C12H15ClN2O3. The smallest absolute Gasteiger partial charge is 0.254 e. The number of amides is 1. The summed E-state index contributed by atoms with van der Waals surface area (Å²) in [5, 5.41) is 9.43. The normalized spacial score (nSPS) is 20.3. The van der Waals surface area contributed by atoms with Crippen LogP contribution in [-0.2, 0) is 16.1 Å². The van der Waals surface area contributed by atoms with Crippen molar-refractivity contribution >= 4 is 23.3 Å². The molecule has 0 bridgehead atoms. The molecule has 5 nitrogen and oxygen atoms in total. The highest BCUT2D eigenvalue weighted by Gasteiger charge is 2.30. The second-order valence-electron chi connectivity index (χ2n) is 4.16. The lowest BCUT2D eigenvalue weighted by Crippen LogP contribution is -2.49. The van der Waals surface area contributed by atoms with Crippen molar-refractivity contribution in [1.29, 1.82) is 0 Å². The van der Waals surface area contributed by atoms with Crippen LogP contribution in [0.25, 0.3) is 0 Å². The Hall–Kier alpha value is -1.17. The van der Waals surface area contributed by atoms with Crippen LogP contribution in [0.2, 0.25) is 5.15 Å². The van der Waals surface area contributed by atoms with Crippen molar-refractivity contribution in [2.45, 2.75) is 26.0 Å². The molecule has 98 valence electrons. The first-order valence-corrected chi connectivity index (χ1v) is 6.20. The highest BCUT2D eigenvalue weighted by atomic mass is 35.5. The maximum Gasteiger partial charge on any atom is 0.254 e. The van der Waals surface area contributed by atoms with Gasteiger partial charge in [0.05, 0.1) is 19.3 Å². The van der Waals surface area contributed by atoms with Crippen molar-refractivity contribution in [1.82, 2.24) is 4.98 Å². The van der Waals surface area contributed by atoms with Gasteiger partial charge in [-0.05, 0) is 24.1 Å². The van der Waals surface area contributed by atoms with E-state index >= 15 is 0 Å². The number of rotatable bonds is 3. The number of ether oxygens (including phenoxy) is 1. The Kier molecular flexibility index (Phi) is 4.16. The van der Waals surface area contributed by atoms with Gasteiger partial charge < -0.3 is 9.84 Å². The molecule has 18 heavy (non-hydrogen) atoms. The molecule has 1 aliphatic rings. The fourth-order valence-corrected chi connectivity index (χ4v) is 2.22. The van der Waals surface area contributed by atoms with Gasteiger partial charge in [0, 0.05) is 0 Å². The van der Waals surface area contributed by atoms with Crippen LogP contribution >= 0.6 is 11.6 Å². The summed E-state index contributed by atoms with van der Waals surface area (Å²) < 4.78 is 5.22. The van der Waals surface area contributed by atoms with Crippen molar-refractivity contribution in [3.05, 3.63) is 22.8 Å². The summed E-state index contributed by atoms with van der Waals surface area (Å²) in [7, 11) is 0. The zero-order valence-electron chi connectivity index (χ0n) is 10.1. The Morgan fingerprint density at radius 1 is 1.61 bits per heavy atom. The molecule has 0 aromatic carbocycles. The number of aliphatic hydroxyl groups is 1. The highest BCUT2D eigenvalue weighted by Crippen LogP contribution is 2.23. The van der Waals surface area contributed by atoms with Crippen LogP contribution in [0.3, 0.4) is 0 Å². The molecule has 1 saturated heterocycles. The molecule has 1 atom stereocenters. The van der Waals surface area contributed by atoms with Gasteiger partial charge in [-0.15, -0.1) is 0 Å². The molecule has 1 aromatic heterocycles. The van der Waals surface area contributed by atoms with Crippen molar-refractivity contribution in [3.8, 4) is 0 Å². The Labute approximate surface area is 110 Å². The lowest BCUT2D eigenvalue weighted by molar-refractivity contribution is -0.127. The number of hydrogen-bond donors (Lipinski definition) is 1. The number of morpholine rings is 1. The van der Waals surface area contributed by atoms with E-state index in [0.29, 0.717) is 18.0 Å². The SMILES string of the molecule is CC[C@H]1COCC(=O)N1c1cc(CO)cc(Cl)n1. The van der Waals surface area contributed by atoms with Crippen molar-refractivity contribution in [3.63, 3.8) is 0 Å². The van der Waals surface area contributed by atoms with Crippen molar-refractivity contribution in [2.75, 3.05) is 18.1 Å². The predicted octanol–water partition coefficient (Wildman–Crippen LogP) is 1.37. The first kappa shape index (κ1) is 13.3. The van der Waals surface area contributed by atoms with Crippen LogP contribution in [0.15, 0.2) is 12.1 Å². The molecule has 0 saturated carbocycles. The Morgan fingerprint density at radius 2 is 2.39 bits per heavy atom. The Bertz CT molecular complexity index is 453. The minimum atomic E-state index is -0.134. The van der Waals surface area contributed by atoms with Gasteiger partial charge in [-0.1, -0.05) is 18.5 Å². The summed E-state index contributed by atoms with van der Waals surface area (Å²) in [5.74, 6) is 0.346. The van der Waals surface area contributed by atoms with E-state index in [0.717, 1.165) is 6.42 Å². The lowest BCUT2D eigenvalue weighted by atomic mass is 10.1. The first-order valence-electron chi connectivity index (χ1n) is 5.82. The van der Waals surface area contributed by atoms with Crippen LogP contribution in [0, 0.1) is 0 Å². The van der Waals surface area contributed by atoms with Crippen molar-refractivity contribution < 1.29 is 14.6 Å². The van der Waals surface area contributed by atoms with Crippen LogP contribution in [0.5, 0.6) is 0 Å². The fourth-order valence-electron chi connectivity index (χ4n) is 1.99. The Balaban J connectivity index is 2.38. The second-order valence-corrected chi connectivity index (χ2v) is 4.54. The molecule has 6 heteroatoms. The predicted molar refractivity (Wildman–Crippen MR) is 67.6 cm³/mol. The quantitative estimate of drug-likeness (QED) is 0.843.